The third-order valence-electron chi connectivity index (χ3n) is 2.61. The molecule has 0 saturated heterocycles. The third kappa shape index (κ3) is 1.10. The number of rotatable bonds is 0. The zero-order valence-electron chi connectivity index (χ0n) is 7.10. The van der Waals surface area contributed by atoms with Gasteiger partial charge in [0.1, 0.15) is 0 Å². The lowest BCUT2D eigenvalue weighted by molar-refractivity contribution is 0.711. The van der Waals surface area contributed by atoms with E-state index >= 15 is 0 Å². The lowest BCUT2D eigenvalue weighted by Crippen LogP contribution is -2.06. The second kappa shape index (κ2) is 2.86. The lowest BCUT2D eigenvalue weighted by Gasteiger charge is -2.08. The number of nitrogens with two attached hydrogens (primary N) is 1. The molecule has 1 atom stereocenters. The Balaban J connectivity index is 2.64. The van der Waals surface area contributed by atoms with Crippen molar-refractivity contribution in [1.29, 1.82) is 0 Å². The van der Waals surface area contributed by atoms with Crippen LogP contribution in [0.2, 0.25) is 0 Å². The molecule has 2 N–H and O–H groups in total. The summed E-state index contributed by atoms with van der Waals surface area (Å²) in [5.74, 6) is 0. The molecule has 1 aromatic carbocycles. The Morgan fingerprint density at radius 2 is 2.25 bits per heavy atom. The molecule has 1 aliphatic rings. The smallest absolute Gasteiger partial charge is 0.0312 e. The summed E-state index contributed by atoms with van der Waals surface area (Å²) in [5, 5.41) is 0. The number of fused-ring (bicyclic) bond motifs is 1. The summed E-state index contributed by atoms with van der Waals surface area (Å²) >= 11 is 3.54. The van der Waals surface area contributed by atoms with Crippen LogP contribution in [0.1, 0.15) is 29.2 Å². The fourth-order valence-electron chi connectivity index (χ4n) is 1.92. The summed E-state index contributed by atoms with van der Waals surface area (Å²) < 4.78 is 1.17. The van der Waals surface area contributed by atoms with Gasteiger partial charge in [-0.1, -0.05) is 22.0 Å². The molecular weight excluding hydrogens is 214 g/mol. The first kappa shape index (κ1) is 8.27. The van der Waals surface area contributed by atoms with Crippen LogP contribution in [0.3, 0.4) is 0 Å². The van der Waals surface area contributed by atoms with E-state index in [1.165, 1.54) is 21.2 Å². The number of benzene rings is 1. The fraction of sp³-hybridized carbons (Fsp3) is 0.400. The van der Waals surface area contributed by atoms with Crippen LogP contribution in [-0.4, -0.2) is 0 Å². The van der Waals surface area contributed by atoms with Crippen molar-refractivity contribution < 1.29 is 0 Å². The molecule has 0 radical (unpaired) electrons. The van der Waals surface area contributed by atoms with E-state index in [-0.39, 0.29) is 6.04 Å². The van der Waals surface area contributed by atoms with Crippen LogP contribution in [0.4, 0.5) is 0 Å². The summed E-state index contributed by atoms with van der Waals surface area (Å²) in [6.45, 7) is 2.16. The van der Waals surface area contributed by atoms with Gasteiger partial charge in [0.25, 0.3) is 0 Å². The van der Waals surface area contributed by atoms with Crippen LogP contribution >= 0.6 is 15.9 Å². The van der Waals surface area contributed by atoms with E-state index in [9.17, 15) is 0 Å². The maximum atomic E-state index is 5.99. The van der Waals surface area contributed by atoms with Gasteiger partial charge in [-0.2, -0.15) is 0 Å². The van der Waals surface area contributed by atoms with Gasteiger partial charge in [-0.3, -0.25) is 0 Å². The predicted molar refractivity (Wildman–Crippen MR) is 54.1 cm³/mol. The molecule has 0 amide bonds. The van der Waals surface area contributed by atoms with Crippen LogP contribution in [0, 0.1) is 6.92 Å². The van der Waals surface area contributed by atoms with Gasteiger partial charge in [0.15, 0.2) is 0 Å². The van der Waals surface area contributed by atoms with Crippen molar-refractivity contribution in [2.75, 3.05) is 0 Å². The highest BCUT2D eigenvalue weighted by molar-refractivity contribution is 9.10. The molecule has 1 nitrogen and oxygen atoms in total. The molecule has 0 saturated carbocycles. The fourth-order valence-corrected chi connectivity index (χ4v) is 2.59. The van der Waals surface area contributed by atoms with Crippen LogP contribution in [-0.2, 0) is 6.42 Å². The Morgan fingerprint density at radius 1 is 1.50 bits per heavy atom. The Bertz CT molecular complexity index is 320. The second-order valence-corrected chi connectivity index (χ2v) is 4.26. The van der Waals surface area contributed by atoms with Crippen LogP contribution in [0.5, 0.6) is 0 Å². The SMILES string of the molecule is Cc1ccc(Br)c2c1CCC2N. The molecule has 0 bridgehead atoms. The van der Waals surface area contributed by atoms with Gasteiger partial charge in [-0.25, -0.2) is 0 Å². The average molecular weight is 226 g/mol. The molecule has 0 aliphatic heterocycles. The van der Waals surface area contributed by atoms with E-state index in [0.717, 1.165) is 12.8 Å². The Hall–Kier alpha value is -0.340. The van der Waals surface area contributed by atoms with Crippen LogP contribution in [0.15, 0.2) is 16.6 Å². The van der Waals surface area contributed by atoms with E-state index in [2.05, 4.69) is 35.0 Å². The monoisotopic (exact) mass is 225 g/mol. The highest BCUT2D eigenvalue weighted by Gasteiger charge is 2.22. The minimum Gasteiger partial charge on any atom is -0.324 e. The van der Waals surface area contributed by atoms with E-state index in [1.807, 2.05) is 0 Å². The lowest BCUT2D eigenvalue weighted by atomic mass is 10.0. The van der Waals surface area contributed by atoms with E-state index < -0.39 is 0 Å². The Labute approximate surface area is 81.1 Å². The van der Waals surface area contributed by atoms with Gasteiger partial charge in [0.05, 0.1) is 0 Å². The van der Waals surface area contributed by atoms with Crippen molar-refractivity contribution in [3.05, 3.63) is 33.3 Å². The van der Waals surface area contributed by atoms with Crippen LogP contribution in [0.25, 0.3) is 0 Å². The number of aryl methyl sites for hydroxylation is 1. The number of hydrogen-bond acceptors (Lipinski definition) is 1. The molecule has 2 heteroatoms. The van der Waals surface area contributed by atoms with Gasteiger partial charge < -0.3 is 5.73 Å². The molecule has 64 valence electrons. The van der Waals surface area contributed by atoms with Gasteiger partial charge in [-0.05, 0) is 42.5 Å². The highest BCUT2D eigenvalue weighted by atomic mass is 79.9. The highest BCUT2D eigenvalue weighted by Crippen LogP contribution is 2.36. The summed E-state index contributed by atoms with van der Waals surface area (Å²) in [4.78, 5) is 0. The van der Waals surface area contributed by atoms with Crippen molar-refractivity contribution in [3.63, 3.8) is 0 Å². The standard InChI is InChI=1S/C10H12BrN/c1-6-2-4-8(11)10-7(6)3-5-9(10)12/h2,4,9H,3,5,12H2,1H3. The first-order valence-corrected chi connectivity index (χ1v) is 5.03. The Kier molecular flexibility index (Phi) is 1.97. The molecule has 0 spiro atoms. The molecule has 1 unspecified atom stereocenters. The molecule has 0 heterocycles. The average Bonchev–Trinajstić information content (AvgIpc) is 2.42. The van der Waals surface area contributed by atoms with Crippen molar-refractivity contribution in [2.24, 2.45) is 5.73 Å². The maximum Gasteiger partial charge on any atom is 0.0312 e. The molecular formula is C10H12BrN. The quantitative estimate of drug-likeness (QED) is 0.723. The summed E-state index contributed by atoms with van der Waals surface area (Å²) in [5.41, 5.74) is 10.1. The third-order valence-corrected chi connectivity index (χ3v) is 3.31. The number of hydrogen-bond donors (Lipinski definition) is 1. The van der Waals surface area contributed by atoms with Gasteiger partial charge in [0.2, 0.25) is 0 Å². The molecule has 12 heavy (non-hydrogen) atoms. The van der Waals surface area contributed by atoms with Crippen molar-refractivity contribution >= 4 is 15.9 Å². The predicted octanol–water partition coefficient (Wildman–Crippen LogP) is 2.70. The summed E-state index contributed by atoms with van der Waals surface area (Å²) in [6.07, 6.45) is 2.24. The summed E-state index contributed by atoms with van der Waals surface area (Å²) in [7, 11) is 0. The molecule has 1 aliphatic carbocycles. The zero-order valence-corrected chi connectivity index (χ0v) is 8.69. The first-order chi connectivity index (χ1) is 5.70. The van der Waals surface area contributed by atoms with Gasteiger partial charge in [0, 0.05) is 10.5 Å². The van der Waals surface area contributed by atoms with Crippen molar-refractivity contribution in [3.8, 4) is 0 Å². The molecule has 2 rings (SSSR count). The summed E-state index contributed by atoms with van der Waals surface area (Å²) in [6, 6.07) is 4.49. The van der Waals surface area contributed by atoms with Gasteiger partial charge in [-0.15, -0.1) is 0 Å². The molecule has 0 aromatic heterocycles. The van der Waals surface area contributed by atoms with Crippen LogP contribution < -0.4 is 5.73 Å². The van der Waals surface area contributed by atoms with Gasteiger partial charge >= 0.3 is 0 Å². The van der Waals surface area contributed by atoms with E-state index in [0.29, 0.717) is 0 Å². The van der Waals surface area contributed by atoms with E-state index in [1.54, 1.807) is 0 Å². The topological polar surface area (TPSA) is 26.0 Å². The molecule has 0 fully saturated rings. The number of halogens is 1. The minimum absolute atomic E-state index is 0.245. The largest absolute Gasteiger partial charge is 0.324 e. The van der Waals surface area contributed by atoms with E-state index in [4.69, 9.17) is 5.73 Å². The minimum atomic E-state index is 0.245. The normalized spacial score (nSPS) is 21.1. The maximum absolute atomic E-state index is 5.99. The molecule has 1 aromatic rings. The Morgan fingerprint density at radius 3 is 2.92 bits per heavy atom. The zero-order chi connectivity index (χ0) is 8.72. The van der Waals surface area contributed by atoms with Crippen molar-refractivity contribution in [1.82, 2.24) is 0 Å². The second-order valence-electron chi connectivity index (χ2n) is 3.40. The van der Waals surface area contributed by atoms with Crippen molar-refractivity contribution in [2.45, 2.75) is 25.8 Å². The first-order valence-electron chi connectivity index (χ1n) is 4.23.